The molecule has 2 aliphatic heterocycles. The van der Waals surface area contributed by atoms with Gasteiger partial charge in [0.1, 0.15) is 0 Å². The summed E-state index contributed by atoms with van der Waals surface area (Å²) in [5.41, 5.74) is 0. The average Bonchev–Trinajstić information content (AvgIpc) is 3.07. The van der Waals surface area contributed by atoms with Gasteiger partial charge in [0.05, 0.1) is 6.10 Å². The third-order valence-electron chi connectivity index (χ3n) is 5.25. The zero-order valence-electron chi connectivity index (χ0n) is 10.4. The molecule has 2 bridgehead atoms. The highest BCUT2D eigenvalue weighted by Crippen LogP contribution is 2.41. The number of fused-ring (bicyclic) bond motifs is 2. The van der Waals surface area contributed by atoms with Crippen molar-refractivity contribution in [1.82, 2.24) is 4.90 Å². The van der Waals surface area contributed by atoms with Crippen LogP contribution in [0.1, 0.15) is 51.4 Å². The van der Waals surface area contributed by atoms with Crippen LogP contribution in [0.4, 0.5) is 0 Å². The summed E-state index contributed by atoms with van der Waals surface area (Å²) >= 11 is 0. The van der Waals surface area contributed by atoms with Crippen molar-refractivity contribution in [2.45, 2.75) is 69.6 Å². The monoisotopic (exact) mass is 223 g/mol. The Hall–Kier alpha value is -0.0800. The third kappa shape index (κ3) is 2.14. The van der Waals surface area contributed by atoms with E-state index in [0.29, 0.717) is 5.92 Å². The Morgan fingerprint density at radius 1 is 1.12 bits per heavy atom. The van der Waals surface area contributed by atoms with Crippen molar-refractivity contribution in [2.75, 3.05) is 7.05 Å². The molecule has 0 aromatic rings. The topological polar surface area (TPSA) is 23.5 Å². The smallest absolute Gasteiger partial charge is 0.0569 e. The fourth-order valence-corrected chi connectivity index (χ4v) is 3.82. The maximum Gasteiger partial charge on any atom is 0.0569 e. The van der Waals surface area contributed by atoms with Crippen LogP contribution in [0.25, 0.3) is 0 Å². The van der Waals surface area contributed by atoms with Crippen LogP contribution in [0.5, 0.6) is 0 Å². The fraction of sp³-hybridized carbons (Fsp3) is 1.00. The van der Waals surface area contributed by atoms with Crippen LogP contribution in [0.3, 0.4) is 0 Å². The molecule has 0 radical (unpaired) electrons. The van der Waals surface area contributed by atoms with E-state index in [4.69, 9.17) is 0 Å². The summed E-state index contributed by atoms with van der Waals surface area (Å²) in [5, 5.41) is 10.3. The first-order chi connectivity index (χ1) is 7.74. The molecule has 2 nitrogen and oxygen atoms in total. The predicted molar refractivity (Wildman–Crippen MR) is 65.3 cm³/mol. The summed E-state index contributed by atoms with van der Waals surface area (Å²) in [4.78, 5) is 2.56. The molecule has 92 valence electrons. The minimum absolute atomic E-state index is 0.00241. The van der Waals surface area contributed by atoms with E-state index < -0.39 is 0 Å². The van der Waals surface area contributed by atoms with Gasteiger partial charge in [0, 0.05) is 12.1 Å². The second kappa shape index (κ2) is 4.30. The molecule has 3 unspecified atom stereocenters. The Labute approximate surface area is 99.0 Å². The number of aliphatic hydroxyl groups excluding tert-OH is 1. The minimum Gasteiger partial charge on any atom is -0.393 e. The standard InChI is InChI=1S/C14H25NO/c1-15-12-5-6-13(15)9-11(8-12)14(16)7-4-10-2-3-10/h10-14,16H,2-9H2,1H3. The van der Waals surface area contributed by atoms with Crippen molar-refractivity contribution < 1.29 is 5.11 Å². The first kappa shape index (κ1) is 11.0. The van der Waals surface area contributed by atoms with Crippen LogP contribution in [-0.4, -0.2) is 35.2 Å². The van der Waals surface area contributed by atoms with E-state index in [1.165, 1.54) is 44.9 Å². The lowest BCUT2D eigenvalue weighted by Gasteiger charge is -2.38. The summed E-state index contributed by atoms with van der Waals surface area (Å²) in [6, 6.07) is 1.55. The first-order valence-corrected chi connectivity index (χ1v) is 7.14. The molecule has 3 atom stereocenters. The van der Waals surface area contributed by atoms with Gasteiger partial charge in [0.15, 0.2) is 0 Å². The SMILES string of the molecule is CN1C2CCC1CC(C(O)CCC1CC1)C2. The molecule has 1 N–H and O–H groups in total. The third-order valence-corrected chi connectivity index (χ3v) is 5.25. The molecule has 0 amide bonds. The molecular formula is C14H25NO. The van der Waals surface area contributed by atoms with Gasteiger partial charge in [-0.2, -0.15) is 0 Å². The first-order valence-electron chi connectivity index (χ1n) is 7.14. The van der Waals surface area contributed by atoms with Crippen LogP contribution in [0.2, 0.25) is 0 Å². The van der Waals surface area contributed by atoms with E-state index in [0.717, 1.165) is 24.4 Å². The van der Waals surface area contributed by atoms with Gasteiger partial charge in [0.2, 0.25) is 0 Å². The molecular weight excluding hydrogens is 198 g/mol. The maximum absolute atomic E-state index is 10.3. The van der Waals surface area contributed by atoms with Gasteiger partial charge in [-0.1, -0.05) is 12.8 Å². The van der Waals surface area contributed by atoms with E-state index in [2.05, 4.69) is 11.9 Å². The highest BCUT2D eigenvalue weighted by atomic mass is 16.3. The van der Waals surface area contributed by atoms with Crippen molar-refractivity contribution >= 4 is 0 Å². The zero-order chi connectivity index (χ0) is 11.1. The van der Waals surface area contributed by atoms with Gasteiger partial charge in [-0.3, -0.25) is 0 Å². The van der Waals surface area contributed by atoms with Gasteiger partial charge in [-0.25, -0.2) is 0 Å². The molecule has 0 spiro atoms. The average molecular weight is 223 g/mol. The molecule has 3 aliphatic rings. The van der Waals surface area contributed by atoms with Crippen molar-refractivity contribution in [3.05, 3.63) is 0 Å². The Morgan fingerprint density at radius 3 is 2.31 bits per heavy atom. The number of aliphatic hydroxyl groups is 1. The van der Waals surface area contributed by atoms with Crippen molar-refractivity contribution in [3.8, 4) is 0 Å². The molecule has 3 fully saturated rings. The van der Waals surface area contributed by atoms with Gasteiger partial charge in [-0.05, 0) is 57.4 Å². The Bertz CT molecular complexity index is 237. The lowest BCUT2D eigenvalue weighted by Crippen LogP contribution is -2.43. The number of piperidine rings is 1. The van der Waals surface area contributed by atoms with Crippen LogP contribution in [0.15, 0.2) is 0 Å². The van der Waals surface area contributed by atoms with E-state index in [1.807, 2.05) is 0 Å². The number of hydrogen-bond acceptors (Lipinski definition) is 2. The van der Waals surface area contributed by atoms with E-state index in [1.54, 1.807) is 0 Å². The van der Waals surface area contributed by atoms with E-state index >= 15 is 0 Å². The van der Waals surface area contributed by atoms with Crippen molar-refractivity contribution in [3.63, 3.8) is 0 Å². The molecule has 2 saturated heterocycles. The normalized spacial score (nSPS) is 41.2. The molecule has 2 heteroatoms. The number of hydrogen-bond donors (Lipinski definition) is 1. The molecule has 1 aliphatic carbocycles. The zero-order valence-corrected chi connectivity index (χ0v) is 10.4. The van der Waals surface area contributed by atoms with Crippen molar-refractivity contribution in [1.29, 1.82) is 0 Å². The summed E-state index contributed by atoms with van der Waals surface area (Å²) in [7, 11) is 2.27. The van der Waals surface area contributed by atoms with Gasteiger partial charge in [-0.15, -0.1) is 0 Å². The molecule has 16 heavy (non-hydrogen) atoms. The summed E-state index contributed by atoms with van der Waals surface area (Å²) in [6.45, 7) is 0. The van der Waals surface area contributed by atoms with E-state index in [-0.39, 0.29) is 6.10 Å². The quantitative estimate of drug-likeness (QED) is 0.791. The highest BCUT2D eigenvalue weighted by Gasteiger charge is 2.40. The second-order valence-corrected chi connectivity index (χ2v) is 6.37. The fourth-order valence-electron chi connectivity index (χ4n) is 3.82. The van der Waals surface area contributed by atoms with Crippen molar-refractivity contribution in [2.24, 2.45) is 11.8 Å². The minimum atomic E-state index is -0.00241. The lowest BCUT2D eigenvalue weighted by atomic mass is 9.84. The maximum atomic E-state index is 10.3. The molecule has 3 rings (SSSR count). The van der Waals surface area contributed by atoms with Crippen LogP contribution in [0, 0.1) is 11.8 Å². The summed E-state index contributed by atoms with van der Waals surface area (Å²) in [5.74, 6) is 1.57. The molecule has 2 heterocycles. The number of rotatable bonds is 4. The Morgan fingerprint density at radius 2 is 1.75 bits per heavy atom. The Balaban J connectivity index is 1.51. The van der Waals surface area contributed by atoms with Crippen LogP contribution < -0.4 is 0 Å². The van der Waals surface area contributed by atoms with E-state index in [9.17, 15) is 5.11 Å². The molecule has 0 aromatic carbocycles. The lowest BCUT2D eigenvalue weighted by molar-refractivity contribution is 0.0300. The number of nitrogens with zero attached hydrogens (tertiary/aromatic N) is 1. The molecule has 1 saturated carbocycles. The predicted octanol–water partition coefficient (Wildman–Crippen LogP) is 2.41. The summed E-state index contributed by atoms with van der Waals surface area (Å²) < 4.78 is 0. The Kier molecular flexibility index (Phi) is 2.97. The van der Waals surface area contributed by atoms with Crippen LogP contribution in [-0.2, 0) is 0 Å². The molecule has 0 aromatic heterocycles. The van der Waals surface area contributed by atoms with Gasteiger partial charge < -0.3 is 10.0 Å². The van der Waals surface area contributed by atoms with Crippen LogP contribution >= 0.6 is 0 Å². The highest BCUT2D eigenvalue weighted by molar-refractivity contribution is 4.95. The summed E-state index contributed by atoms with van der Waals surface area (Å²) in [6.07, 6.45) is 10.4. The second-order valence-electron chi connectivity index (χ2n) is 6.37. The van der Waals surface area contributed by atoms with Gasteiger partial charge in [0.25, 0.3) is 0 Å². The van der Waals surface area contributed by atoms with Gasteiger partial charge >= 0.3 is 0 Å². The largest absolute Gasteiger partial charge is 0.393 e.